The lowest BCUT2D eigenvalue weighted by Crippen LogP contribution is -2.41. The topological polar surface area (TPSA) is 113 Å². The van der Waals surface area contributed by atoms with E-state index in [9.17, 15) is 18.3 Å². The Morgan fingerprint density at radius 2 is 2.04 bits per heavy atom. The molecule has 9 nitrogen and oxygen atoms in total. The minimum Gasteiger partial charge on any atom is -0.478 e. The van der Waals surface area contributed by atoms with Gasteiger partial charge in [0, 0.05) is 26.7 Å². The Bertz CT molecular complexity index is 729. The van der Waals surface area contributed by atoms with Crippen molar-refractivity contribution in [1.29, 1.82) is 0 Å². The molecule has 2 heterocycles. The molecule has 2 aliphatic rings. The summed E-state index contributed by atoms with van der Waals surface area (Å²) >= 11 is 0. The smallest absolute Gasteiger partial charge is 0.339 e. The Morgan fingerprint density at radius 3 is 2.62 bits per heavy atom. The number of anilines is 1. The van der Waals surface area contributed by atoms with Crippen LogP contribution in [0.15, 0.2) is 11.1 Å². The summed E-state index contributed by atoms with van der Waals surface area (Å²) in [6, 6.07) is 1.10. The molecule has 0 bridgehead atoms. The second-order valence-electron chi connectivity index (χ2n) is 6.07. The number of aromatic carboxylic acids is 1. The first kappa shape index (κ1) is 17.1. The molecule has 1 aliphatic heterocycles. The van der Waals surface area contributed by atoms with Crippen molar-refractivity contribution in [3.8, 4) is 0 Å². The Morgan fingerprint density at radius 1 is 1.38 bits per heavy atom. The quantitative estimate of drug-likeness (QED) is 0.760. The number of ether oxygens (including phenoxy) is 1. The van der Waals surface area contributed by atoms with Crippen molar-refractivity contribution in [2.75, 3.05) is 44.8 Å². The molecule has 0 atom stereocenters. The highest BCUT2D eigenvalue weighted by atomic mass is 32.2. The van der Waals surface area contributed by atoms with E-state index in [1.54, 1.807) is 11.9 Å². The largest absolute Gasteiger partial charge is 0.478 e. The number of hydrogen-bond acceptors (Lipinski definition) is 7. The van der Waals surface area contributed by atoms with E-state index in [1.165, 1.54) is 4.31 Å². The molecule has 1 aromatic heterocycles. The molecule has 132 valence electrons. The van der Waals surface area contributed by atoms with Crippen LogP contribution in [0.1, 0.15) is 23.2 Å². The zero-order valence-electron chi connectivity index (χ0n) is 13.4. The molecule has 0 unspecified atom stereocenters. The van der Waals surface area contributed by atoms with Gasteiger partial charge < -0.3 is 14.7 Å². The van der Waals surface area contributed by atoms with Gasteiger partial charge in [-0.1, -0.05) is 0 Å². The second kappa shape index (κ2) is 6.61. The summed E-state index contributed by atoms with van der Waals surface area (Å²) in [5, 5.41) is 16.8. The van der Waals surface area contributed by atoms with Crippen LogP contribution in [0.2, 0.25) is 0 Å². The van der Waals surface area contributed by atoms with Gasteiger partial charge in [-0.15, -0.1) is 10.2 Å². The van der Waals surface area contributed by atoms with E-state index in [2.05, 4.69) is 10.2 Å². The summed E-state index contributed by atoms with van der Waals surface area (Å²) in [7, 11) is -2.13. The SMILES string of the molecule is CN(CC1CC1)c1nnc(S(=O)(=O)N2CCOCC2)cc1C(=O)O. The van der Waals surface area contributed by atoms with Crippen LogP contribution < -0.4 is 4.90 Å². The van der Waals surface area contributed by atoms with E-state index in [1.807, 2.05) is 0 Å². The first-order valence-corrected chi connectivity index (χ1v) is 9.23. The fourth-order valence-electron chi connectivity index (χ4n) is 2.63. The lowest BCUT2D eigenvalue weighted by atomic mass is 10.2. The van der Waals surface area contributed by atoms with Crippen molar-refractivity contribution in [1.82, 2.24) is 14.5 Å². The molecule has 0 aromatic carbocycles. The highest BCUT2D eigenvalue weighted by Gasteiger charge is 2.31. The van der Waals surface area contributed by atoms with Gasteiger partial charge in [0.15, 0.2) is 10.8 Å². The van der Waals surface area contributed by atoms with Gasteiger partial charge >= 0.3 is 5.97 Å². The van der Waals surface area contributed by atoms with Crippen LogP contribution in [0.5, 0.6) is 0 Å². The molecular formula is C14H20N4O5S. The Hall–Kier alpha value is -1.78. The maximum absolute atomic E-state index is 12.6. The number of carbonyl (C=O) groups is 1. The van der Waals surface area contributed by atoms with Gasteiger partial charge in [-0.05, 0) is 24.8 Å². The van der Waals surface area contributed by atoms with Gasteiger partial charge in [-0.3, -0.25) is 0 Å². The second-order valence-corrected chi connectivity index (χ2v) is 7.95. The molecule has 1 saturated carbocycles. The first-order valence-electron chi connectivity index (χ1n) is 7.79. The van der Waals surface area contributed by atoms with Crippen molar-refractivity contribution < 1.29 is 23.1 Å². The number of carboxylic acids is 1. The lowest BCUT2D eigenvalue weighted by molar-refractivity contribution is 0.0695. The summed E-state index contributed by atoms with van der Waals surface area (Å²) in [6.45, 7) is 1.73. The van der Waals surface area contributed by atoms with Crippen molar-refractivity contribution in [2.24, 2.45) is 5.92 Å². The lowest BCUT2D eigenvalue weighted by Gasteiger charge is -2.26. The predicted octanol–water partition coefficient (Wildman–Crippen LogP) is 0.0419. The summed E-state index contributed by atoms with van der Waals surface area (Å²) in [4.78, 5) is 13.3. The molecule has 1 N–H and O–H groups in total. The normalized spacial score (nSPS) is 19.2. The van der Waals surface area contributed by atoms with Crippen LogP contribution in [0, 0.1) is 5.92 Å². The van der Waals surface area contributed by atoms with Crippen LogP contribution in [-0.4, -0.2) is 73.9 Å². The third kappa shape index (κ3) is 3.50. The molecule has 10 heteroatoms. The van der Waals surface area contributed by atoms with E-state index < -0.39 is 16.0 Å². The van der Waals surface area contributed by atoms with Crippen molar-refractivity contribution in [3.63, 3.8) is 0 Å². The van der Waals surface area contributed by atoms with Crippen LogP contribution in [0.4, 0.5) is 5.82 Å². The number of rotatable bonds is 6. The van der Waals surface area contributed by atoms with E-state index in [0.717, 1.165) is 18.9 Å². The van der Waals surface area contributed by atoms with Gasteiger partial charge in [0.25, 0.3) is 10.0 Å². The molecule has 24 heavy (non-hydrogen) atoms. The van der Waals surface area contributed by atoms with Gasteiger partial charge in [0.05, 0.1) is 13.2 Å². The van der Waals surface area contributed by atoms with E-state index >= 15 is 0 Å². The Balaban J connectivity index is 1.91. The molecule has 1 saturated heterocycles. The van der Waals surface area contributed by atoms with Gasteiger partial charge in [-0.25, -0.2) is 13.2 Å². The van der Waals surface area contributed by atoms with Gasteiger partial charge in [0.2, 0.25) is 0 Å². The molecule has 0 amide bonds. The fourth-order valence-corrected chi connectivity index (χ4v) is 3.93. The molecule has 1 aliphatic carbocycles. The molecule has 0 spiro atoms. The van der Waals surface area contributed by atoms with Crippen LogP contribution in [-0.2, 0) is 14.8 Å². The number of sulfonamides is 1. The summed E-state index contributed by atoms with van der Waals surface area (Å²) < 4.78 is 31.6. The van der Waals surface area contributed by atoms with Gasteiger partial charge in [-0.2, -0.15) is 4.31 Å². The van der Waals surface area contributed by atoms with E-state index in [4.69, 9.17) is 4.74 Å². The molecular weight excluding hydrogens is 336 g/mol. The Kier molecular flexibility index (Phi) is 4.70. The minimum atomic E-state index is -3.87. The maximum atomic E-state index is 12.6. The van der Waals surface area contributed by atoms with E-state index in [0.29, 0.717) is 25.7 Å². The number of carboxylic acid groups (broad SMARTS) is 1. The predicted molar refractivity (Wildman–Crippen MR) is 84.6 cm³/mol. The monoisotopic (exact) mass is 356 g/mol. The summed E-state index contributed by atoms with van der Waals surface area (Å²) in [5.41, 5.74) is -0.153. The minimum absolute atomic E-state index is 0.153. The molecule has 2 fully saturated rings. The number of nitrogens with zero attached hydrogens (tertiary/aromatic N) is 4. The highest BCUT2D eigenvalue weighted by Crippen LogP contribution is 2.31. The average molecular weight is 356 g/mol. The standard InChI is InChI=1S/C14H20N4O5S/c1-17(9-10-2-3-10)13-11(14(19)20)8-12(15-16-13)24(21,22)18-4-6-23-7-5-18/h8,10H,2-7,9H2,1H3,(H,19,20). The fraction of sp³-hybridized carbons (Fsp3) is 0.643. The first-order chi connectivity index (χ1) is 11.4. The van der Waals surface area contributed by atoms with Crippen molar-refractivity contribution in [2.45, 2.75) is 17.9 Å². The summed E-state index contributed by atoms with van der Waals surface area (Å²) in [6.07, 6.45) is 2.23. The maximum Gasteiger partial charge on any atom is 0.339 e. The zero-order chi connectivity index (χ0) is 17.3. The average Bonchev–Trinajstić information content (AvgIpc) is 3.39. The molecule has 1 aromatic rings. The molecule has 0 radical (unpaired) electrons. The van der Waals surface area contributed by atoms with Crippen molar-refractivity contribution >= 4 is 21.8 Å². The van der Waals surface area contributed by atoms with Gasteiger partial charge in [0.1, 0.15) is 5.56 Å². The number of morpholine rings is 1. The van der Waals surface area contributed by atoms with Crippen LogP contribution in [0.25, 0.3) is 0 Å². The van der Waals surface area contributed by atoms with Crippen molar-refractivity contribution in [3.05, 3.63) is 11.6 Å². The Labute approximate surface area is 140 Å². The highest BCUT2D eigenvalue weighted by molar-refractivity contribution is 7.89. The number of hydrogen-bond donors (Lipinski definition) is 1. The third-order valence-corrected chi connectivity index (χ3v) is 5.92. The number of aromatic nitrogens is 2. The zero-order valence-corrected chi connectivity index (χ0v) is 14.2. The van der Waals surface area contributed by atoms with Crippen LogP contribution >= 0.6 is 0 Å². The van der Waals surface area contributed by atoms with E-state index in [-0.39, 0.29) is 29.5 Å². The summed E-state index contributed by atoms with van der Waals surface area (Å²) in [5.74, 6) is -0.494. The molecule has 3 rings (SSSR count). The van der Waals surface area contributed by atoms with Crippen LogP contribution in [0.3, 0.4) is 0 Å². The third-order valence-electron chi connectivity index (χ3n) is 4.15.